The van der Waals surface area contributed by atoms with Gasteiger partial charge in [-0.1, -0.05) is 25.7 Å². The van der Waals surface area contributed by atoms with E-state index >= 15 is 0 Å². The molecule has 110 valence electrons. The number of rotatable bonds is 5. The van der Waals surface area contributed by atoms with Gasteiger partial charge >= 0.3 is 5.69 Å². The van der Waals surface area contributed by atoms with Crippen molar-refractivity contribution in [1.82, 2.24) is 15.1 Å². The van der Waals surface area contributed by atoms with Crippen LogP contribution in [0.2, 0.25) is 0 Å². The molecular weight excluding hydrogens is 260 g/mol. The van der Waals surface area contributed by atoms with Gasteiger partial charge in [-0.3, -0.25) is 19.6 Å². The highest BCUT2D eigenvalue weighted by Crippen LogP contribution is 2.17. The molecule has 1 aromatic rings. The molecule has 0 aromatic carbocycles. The first kappa shape index (κ1) is 14.5. The summed E-state index contributed by atoms with van der Waals surface area (Å²) >= 11 is 0. The Hall–Kier alpha value is -1.92. The molecule has 1 amide bonds. The maximum absolute atomic E-state index is 11.9. The molecule has 1 N–H and O–H groups in total. The topological polar surface area (TPSA) is 90.1 Å². The zero-order chi connectivity index (χ0) is 14.4. The molecule has 1 heterocycles. The van der Waals surface area contributed by atoms with Gasteiger partial charge in [-0.05, 0) is 12.8 Å². The Morgan fingerprint density at radius 3 is 2.70 bits per heavy atom. The Labute approximate surface area is 117 Å². The van der Waals surface area contributed by atoms with Crippen molar-refractivity contribution in [3.05, 3.63) is 22.5 Å². The summed E-state index contributed by atoms with van der Waals surface area (Å²) in [6, 6.07) is 0.289. The summed E-state index contributed by atoms with van der Waals surface area (Å²) in [5.41, 5.74) is -0.0471. The fraction of sp³-hybridized carbons (Fsp3) is 0.692. The summed E-state index contributed by atoms with van der Waals surface area (Å²) < 4.78 is 1.44. The second-order valence-electron chi connectivity index (χ2n) is 5.22. The van der Waals surface area contributed by atoms with Crippen LogP contribution < -0.4 is 5.32 Å². The molecule has 7 heteroatoms. The van der Waals surface area contributed by atoms with Crippen LogP contribution in [0.1, 0.15) is 44.9 Å². The molecule has 0 unspecified atom stereocenters. The first-order chi connectivity index (χ1) is 9.65. The molecule has 2 rings (SSSR count). The van der Waals surface area contributed by atoms with Gasteiger partial charge in [0, 0.05) is 19.0 Å². The number of carbonyl (C=O) groups is 1. The van der Waals surface area contributed by atoms with Gasteiger partial charge in [0.1, 0.15) is 12.4 Å². The molecule has 0 saturated heterocycles. The highest BCUT2D eigenvalue weighted by atomic mass is 16.6. The summed E-state index contributed by atoms with van der Waals surface area (Å²) in [6.45, 7) is 0.367. The van der Waals surface area contributed by atoms with E-state index in [4.69, 9.17) is 0 Å². The van der Waals surface area contributed by atoms with Gasteiger partial charge in [0.25, 0.3) is 0 Å². The molecule has 0 aliphatic heterocycles. The average Bonchev–Trinajstić information content (AvgIpc) is 2.75. The van der Waals surface area contributed by atoms with Crippen LogP contribution in [0.3, 0.4) is 0 Å². The minimum absolute atomic E-state index is 0.00458. The predicted octanol–water partition coefficient (Wildman–Crippen LogP) is 2.02. The minimum Gasteiger partial charge on any atom is -0.353 e. The van der Waals surface area contributed by atoms with Crippen LogP contribution in [-0.4, -0.2) is 26.7 Å². The van der Waals surface area contributed by atoms with E-state index in [1.807, 2.05) is 0 Å². The van der Waals surface area contributed by atoms with Crippen LogP contribution in [0.5, 0.6) is 0 Å². The van der Waals surface area contributed by atoms with Gasteiger partial charge in [0.05, 0.1) is 4.92 Å². The summed E-state index contributed by atoms with van der Waals surface area (Å²) in [4.78, 5) is 21.9. The number of aryl methyl sites for hydroxylation is 1. The molecule has 20 heavy (non-hydrogen) atoms. The fourth-order valence-electron chi connectivity index (χ4n) is 2.51. The van der Waals surface area contributed by atoms with Crippen molar-refractivity contribution in [3.8, 4) is 0 Å². The van der Waals surface area contributed by atoms with E-state index < -0.39 is 4.92 Å². The van der Waals surface area contributed by atoms with E-state index in [0.29, 0.717) is 13.0 Å². The van der Waals surface area contributed by atoms with Crippen LogP contribution in [0.4, 0.5) is 5.69 Å². The van der Waals surface area contributed by atoms with E-state index in [1.165, 1.54) is 42.8 Å². The maximum Gasteiger partial charge on any atom is 0.306 e. The lowest BCUT2D eigenvalue weighted by molar-refractivity contribution is -0.385. The molecular formula is C13H20N4O3. The number of hydrogen-bond acceptors (Lipinski definition) is 4. The molecule has 0 spiro atoms. The van der Waals surface area contributed by atoms with E-state index in [9.17, 15) is 14.9 Å². The van der Waals surface area contributed by atoms with Gasteiger partial charge in [-0.25, -0.2) is 0 Å². The minimum atomic E-state index is -0.491. The van der Waals surface area contributed by atoms with Crippen LogP contribution in [0, 0.1) is 10.1 Å². The highest BCUT2D eigenvalue weighted by Gasteiger charge is 2.15. The molecule has 1 fully saturated rings. The van der Waals surface area contributed by atoms with Gasteiger partial charge in [0.2, 0.25) is 5.91 Å². The first-order valence-corrected chi connectivity index (χ1v) is 7.11. The van der Waals surface area contributed by atoms with Crippen molar-refractivity contribution in [2.24, 2.45) is 0 Å². The van der Waals surface area contributed by atoms with Crippen LogP contribution >= 0.6 is 0 Å². The van der Waals surface area contributed by atoms with Crippen molar-refractivity contribution in [3.63, 3.8) is 0 Å². The maximum atomic E-state index is 11.9. The predicted molar refractivity (Wildman–Crippen MR) is 73.1 cm³/mol. The van der Waals surface area contributed by atoms with Crippen molar-refractivity contribution in [2.75, 3.05) is 0 Å². The summed E-state index contributed by atoms with van der Waals surface area (Å²) in [7, 11) is 0. The zero-order valence-electron chi connectivity index (χ0n) is 11.5. The number of nitrogens with zero attached hydrogens (tertiary/aromatic N) is 3. The Bertz CT molecular complexity index is 464. The van der Waals surface area contributed by atoms with Gasteiger partial charge in [0.15, 0.2) is 0 Å². The van der Waals surface area contributed by atoms with Gasteiger partial charge in [-0.2, -0.15) is 5.10 Å². The fourth-order valence-corrected chi connectivity index (χ4v) is 2.51. The lowest BCUT2D eigenvalue weighted by Gasteiger charge is -2.16. The average molecular weight is 280 g/mol. The SMILES string of the molecule is O=C(CCn1cc([N+](=O)[O-])cn1)NC1CCCCCC1. The summed E-state index contributed by atoms with van der Waals surface area (Å²) in [5, 5.41) is 17.4. The molecule has 1 saturated carbocycles. The molecule has 0 atom stereocenters. The quantitative estimate of drug-likeness (QED) is 0.507. The van der Waals surface area contributed by atoms with Crippen molar-refractivity contribution in [1.29, 1.82) is 0 Å². The Balaban J connectivity index is 1.74. The number of nitrogens with one attached hydrogen (secondary N) is 1. The number of carbonyl (C=O) groups excluding carboxylic acids is 1. The number of nitro groups is 1. The number of amides is 1. The van der Waals surface area contributed by atoms with Crippen molar-refractivity contribution >= 4 is 11.6 Å². The van der Waals surface area contributed by atoms with E-state index in [0.717, 1.165) is 12.8 Å². The van der Waals surface area contributed by atoms with Crippen LogP contribution in [0.15, 0.2) is 12.4 Å². The Kier molecular flexibility index (Phi) is 5.09. The first-order valence-electron chi connectivity index (χ1n) is 7.11. The standard InChI is InChI=1S/C13H20N4O3/c18-13(15-11-5-3-1-2-4-6-11)7-8-16-10-12(9-14-16)17(19)20/h9-11H,1-8H2,(H,15,18). The third-order valence-corrected chi connectivity index (χ3v) is 3.62. The largest absolute Gasteiger partial charge is 0.353 e. The summed E-state index contributed by atoms with van der Waals surface area (Å²) in [6.07, 6.45) is 9.81. The molecule has 1 aromatic heterocycles. The lowest BCUT2D eigenvalue weighted by atomic mass is 10.1. The van der Waals surface area contributed by atoms with E-state index in [2.05, 4.69) is 10.4 Å². The molecule has 1 aliphatic carbocycles. The Morgan fingerprint density at radius 2 is 2.10 bits per heavy atom. The molecule has 1 aliphatic rings. The second kappa shape index (κ2) is 7.02. The van der Waals surface area contributed by atoms with Gasteiger partial charge in [-0.15, -0.1) is 0 Å². The third kappa shape index (κ3) is 4.32. The lowest BCUT2D eigenvalue weighted by Crippen LogP contribution is -2.34. The highest BCUT2D eigenvalue weighted by molar-refractivity contribution is 5.76. The smallest absolute Gasteiger partial charge is 0.306 e. The summed E-state index contributed by atoms with van der Waals surface area (Å²) in [5.74, 6) is -0.00458. The zero-order valence-corrected chi connectivity index (χ0v) is 11.5. The number of aromatic nitrogens is 2. The van der Waals surface area contributed by atoms with E-state index in [1.54, 1.807) is 0 Å². The molecule has 0 bridgehead atoms. The van der Waals surface area contributed by atoms with Crippen LogP contribution in [0.25, 0.3) is 0 Å². The van der Waals surface area contributed by atoms with Gasteiger partial charge < -0.3 is 5.32 Å². The number of hydrogen-bond donors (Lipinski definition) is 1. The second-order valence-corrected chi connectivity index (χ2v) is 5.22. The molecule has 7 nitrogen and oxygen atoms in total. The molecule has 0 radical (unpaired) electrons. The van der Waals surface area contributed by atoms with Crippen LogP contribution in [-0.2, 0) is 11.3 Å². The van der Waals surface area contributed by atoms with E-state index in [-0.39, 0.29) is 17.6 Å². The third-order valence-electron chi connectivity index (χ3n) is 3.62. The monoisotopic (exact) mass is 280 g/mol. The van der Waals surface area contributed by atoms with Crippen molar-refractivity contribution in [2.45, 2.75) is 57.5 Å². The normalized spacial score (nSPS) is 16.6. The van der Waals surface area contributed by atoms with Crippen molar-refractivity contribution < 1.29 is 9.72 Å². The Morgan fingerprint density at radius 1 is 1.40 bits per heavy atom.